The lowest BCUT2D eigenvalue weighted by Gasteiger charge is -2.40. The summed E-state index contributed by atoms with van der Waals surface area (Å²) in [5.41, 5.74) is 1.82. The molecule has 4 aromatic rings. The molecule has 0 aromatic heterocycles. The first-order valence-corrected chi connectivity index (χ1v) is 13.7. The van der Waals surface area contributed by atoms with E-state index in [0.29, 0.717) is 11.3 Å². The minimum absolute atomic E-state index is 0.0260. The highest BCUT2D eigenvalue weighted by atomic mass is 19.4. The molecule has 42 heavy (non-hydrogen) atoms. The van der Waals surface area contributed by atoms with E-state index in [1.165, 1.54) is 23.1 Å². The molecule has 4 rings (SSSR count). The van der Waals surface area contributed by atoms with Crippen molar-refractivity contribution in [2.45, 2.75) is 43.9 Å². The maximum absolute atomic E-state index is 15.0. The third-order valence-corrected chi connectivity index (χ3v) is 7.26. The van der Waals surface area contributed by atoms with Crippen molar-refractivity contribution in [1.82, 2.24) is 4.90 Å². The van der Waals surface area contributed by atoms with Gasteiger partial charge in [-0.05, 0) is 48.2 Å². The smallest absolute Gasteiger partial charge is 0.408 e. The molecule has 0 heterocycles. The number of carboxylic acids is 1. The van der Waals surface area contributed by atoms with Gasteiger partial charge >= 0.3 is 12.1 Å². The van der Waals surface area contributed by atoms with E-state index in [2.05, 4.69) is 0 Å². The van der Waals surface area contributed by atoms with Crippen LogP contribution in [0.4, 0.5) is 17.6 Å². The Morgan fingerprint density at radius 1 is 0.857 bits per heavy atom. The molecule has 0 radical (unpaired) electrons. The average Bonchev–Trinajstić information content (AvgIpc) is 2.96. The van der Waals surface area contributed by atoms with Crippen LogP contribution in [0.3, 0.4) is 0 Å². The Morgan fingerprint density at radius 2 is 1.45 bits per heavy atom. The summed E-state index contributed by atoms with van der Waals surface area (Å²) in [6.45, 7) is 1.75. The minimum atomic E-state index is -4.76. The molecule has 4 aromatic carbocycles. The van der Waals surface area contributed by atoms with Gasteiger partial charge in [0.1, 0.15) is 17.6 Å². The number of nitrogens with zero attached hydrogens (tertiary/aromatic N) is 1. The van der Waals surface area contributed by atoms with E-state index >= 15 is 0 Å². The molecule has 2 unspecified atom stereocenters. The Hall–Kier alpha value is -4.17. The predicted octanol–water partition coefficient (Wildman–Crippen LogP) is 8.05. The normalized spacial score (nSPS) is 13.2. The summed E-state index contributed by atoms with van der Waals surface area (Å²) < 4.78 is 65.5. The van der Waals surface area contributed by atoms with Gasteiger partial charge in [-0.1, -0.05) is 91.0 Å². The lowest BCUT2D eigenvalue weighted by atomic mass is 9.89. The molecule has 0 spiro atoms. The number of rotatable bonds is 13. The summed E-state index contributed by atoms with van der Waals surface area (Å²) in [5, 5.41) is 9.07. The zero-order chi connectivity index (χ0) is 30.1. The lowest BCUT2D eigenvalue weighted by Crippen LogP contribution is -2.46. The Bertz CT molecular complexity index is 1390. The van der Waals surface area contributed by atoms with Crippen LogP contribution < -0.4 is 4.74 Å². The van der Waals surface area contributed by atoms with Crippen LogP contribution in [0.5, 0.6) is 5.75 Å². The van der Waals surface area contributed by atoms with Crippen LogP contribution in [-0.2, 0) is 11.2 Å². The highest BCUT2D eigenvalue weighted by Gasteiger charge is 2.47. The highest BCUT2D eigenvalue weighted by Crippen LogP contribution is 2.42. The van der Waals surface area contributed by atoms with Crippen molar-refractivity contribution in [1.29, 1.82) is 0 Å². The third-order valence-electron chi connectivity index (χ3n) is 7.26. The topological polar surface area (TPSA) is 49.8 Å². The first-order valence-electron chi connectivity index (χ1n) is 13.7. The molecule has 0 aliphatic rings. The van der Waals surface area contributed by atoms with E-state index in [1.807, 2.05) is 60.7 Å². The van der Waals surface area contributed by atoms with Gasteiger partial charge in [0.25, 0.3) is 0 Å². The van der Waals surface area contributed by atoms with Gasteiger partial charge in [0.15, 0.2) is 0 Å². The number of carboxylic acid groups (broad SMARTS) is 1. The maximum atomic E-state index is 15.0. The quantitative estimate of drug-likeness (QED) is 0.163. The van der Waals surface area contributed by atoms with Crippen LogP contribution in [0, 0.1) is 5.82 Å². The number of aliphatic carboxylic acids is 1. The van der Waals surface area contributed by atoms with Crippen molar-refractivity contribution in [2.75, 3.05) is 13.2 Å². The fraction of sp³-hybridized carbons (Fsp3) is 0.265. The lowest BCUT2D eigenvalue weighted by molar-refractivity contribution is -0.193. The Balaban J connectivity index is 1.67. The van der Waals surface area contributed by atoms with Gasteiger partial charge in [-0.15, -0.1) is 0 Å². The number of carbonyl (C=O) groups is 1. The summed E-state index contributed by atoms with van der Waals surface area (Å²) in [7, 11) is 0. The van der Waals surface area contributed by atoms with Crippen LogP contribution in [-0.4, -0.2) is 41.3 Å². The summed E-state index contributed by atoms with van der Waals surface area (Å²) in [6, 6.07) is 27.5. The Kier molecular flexibility index (Phi) is 10.4. The van der Waals surface area contributed by atoms with Crippen molar-refractivity contribution < 1.29 is 32.2 Å². The molecule has 0 aliphatic carbocycles. The minimum Gasteiger partial charge on any atom is -0.494 e. The zero-order valence-corrected chi connectivity index (χ0v) is 23.2. The largest absolute Gasteiger partial charge is 0.494 e. The molecule has 0 amide bonds. The Morgan fingerprint density at radius 3 is 2.02 bits per heavy atom. The number of alkyl halides is 3. The van der Waals surface area contributed by atoms with Crippen molar-refractivity contribution in [3.05, 3.63) is 137 Å². The standard InChI is InChI=1S/C34H33F4NO3/c1-24(19-20-42-28-16-10-11-25(21-28)22-32(40)41)39(33(34(36,37)38)29-17-8-9-18-31(29)35)23-30(26-12-4-2-5-13-26)27-14-6-3-7-15-27/h2-18,21,24,30,33H,19-20,22-23H2,1H3,(H,40,41). The van der Waals surface area contributed by atoms with Crippen molar-refractivity contribution in [3.8, 4) is 5.75 Å². The monoisotopic (exact) mass is 579 g/mol. The molecule has 1 N–H and O–H groups in total. The van der Waals surface area contributed by atoms with E-state index in [0.717, 1.165) is 17.2 Å². The zero-order valence-electron chi connectivity index (χ0n) is 23.2. The predicted molar refractivity (Wildman–Crippen MR) is 154 cm³/mol. The van der Waals surface area contributed by atoms with Crippen LogP contribution in [0.2, 0.25) is 0 Å². The number of ether oxygens (including phenoxy) is 1. The first kappa shape index (κ1) is 30.8. The number of halogens is 4. The SMILES string of the molecule is CC(CCOc1cccc(CC(=O)O)c1)N(CC(c1ccccc1)c1ccccc1)C(c1ccccc1F)C(F)(F)F. The fourth-order valence-electron chi connectivity index (χ4n) is 5.20. The Labute approximate surface area is 243 Å². The second-order valence-corrected chi connectivity index (χ2v) is 10.2. The molecule has 0 fully saturated rings. The van der Waals surface area contributed by atoms with E-state index in [-0.39, 0.29) is 26.0 Å². The molecule has 8 heteroatoms. The summed E-state index contributed by atoms with van der Waals surface area (Å²) in [5.74, 6) is -1.88. The van der Waals surface area contributed by atoms with Gasteiger partial charge < -0.3 is 9.84 Å². The van der Waals surface area contributed by atoms with Gasteiger partial charge in [0.2, 0.25) is 0 Å². The second-order valence-electron chi connectivity index (χ2n) is 10.2. The van der Waals surface area contributed by atoms with Crippen molar-refractivity contribution in [3.63, 3.8) is 0 Å². The van der Waals surface area contributed by atoms with Crippen LogP contribution in [0.15, 0.2) is 109 Å². The maximum Gasteiger partial charge on any atom is 0.408 e. The number of hydrogen-bond acceptors (Lipinski definition) is 3. The van der Waals surface area contributed by atoms with Crippen LogP contribution >= 0.6 is 0 Å². The summed E-state index contributed by atoms with van der Waals surface area (Å²) >= 11 is 0. The molecule has 0 saturated carbocycles. The summed E-state index contributed by atoms with van der Waals surface area (Å²) in [4.78, 5) is 12.4. The molecule has 0 aliphatic heterocycles. The molecular weight excluding hydrogens is 546 g/mol. The molecule has 2 atom stereocenters. The van der Waals surface area contributed by atoms with Gasteiger partial charge in [0, 0.05) is 24.1 Å². The molecule has 0 saturated heterocycles. The van der Waals surface area contributed by atoms with E-state index < -0.39 is 41.5 Å². The van der Waals surface area contributed by atoms with Gasteiger partial charge in [-0.3, -0.25) is 9.69 Å². The average molecular weight is 580 g/mol. The number of benzene rings is 4. The summed E-state index contributed by atoms with van der Waals surface area (Å²) in [6.07, 6.45) is -4.72. The van der Waals surface area contributed by atoms with E-state index in [9.17, 15) is 22.4 Å². The number of hydrogen-bond donors (Lipinski definition) is 1. The van der Waals surface area contributed by atoms with Crippen molar-refractivity contribution >= 4 is 5.97 Å². The fourth-order valence-corrected chi connectivity index (χ4v) is 5.20. The molecular formula is C34H33F4NO3. The molecule has 0 bridgehead atoms. The van der Waals surface area contributed by atoms with Gasteiger partial charge in [-0.25, -0.2) is 4.39 Å². The molecule has 220 valence electrons. The van der Waals surface area contributed by atoms with Crippen molar-refractivity contribution in [2.24, 2.45) is 0 Å². The molecule has 4 nitrogen and oxygen atoms in total. The first-order chi connectivity index (χ1) is 20.1. The van der Waals surface area contributed by atoms with Crippen LogP contribution in [0.1, 0.15) is 47.6 Å². The second kappa shape index (κ2) is 14.1. The van der Waals surface area contributed by atoms with E-state index in [4.69, 9.17) is 9.84 Å². The van der Waals surface area contributed by atoms with Gasteiger partial charge in [-0.2, -0.15) is 13.2 Å². The third kappa shape index (κ3) is 8.19. The van der Waals surface area contributed by atoms with Crippen LogP contribution in [0.25, 0.3) is 0 Å². The van der Waals surface area contributed by atoms with Gasteiger partial charge in [0.05, 0.1) is 13.0 Å². The highest BCUT2D eigenvalue weighted by molar-refractivity contribution is 5.70. The van der Waals surface area contributed by atoms with E-state index in [1.54, 1.807) is 31.2 Å².